The molecule has 0 radical (unpaired) electrons. The number of halogens is 1. The summed E-state index contributed by atoms with van der Waals surface area (Å²) in [6, 6.07) is 18.7. The second kappa shape index (κ2) is 8.64. The molecule has 108 valence electrons. The van der Waals surface area contributed by atoms with E-state index in [1.165, 1.54) is 36.8 Å². The molecule has 0 atom stereocenters. The molecule has 2 aromatic rings. The first-order valence-electron chi connectivity index (χ1n) is 7.49. The molecule has 0 saturated carbocycles. The first kappa shape index (κ1) is 15.8. The normalized spacial score (nSPS) is 10.3. The largest absolute Gasteiger partial charge is 0.192 e. The van der Waals surface area contributed by atoms with Gasteiger partial charge in [-0.15, -0.1) is 0 Å². The van der Waals surface area contributed by atoms with Gasteiger partial charge in [0, 0.05) is 5.33 Å². The Kier molecular flexibility index (Phi) is 6.50. The SMILES string of the molecule is N#Cc1ccc(-c2ccc(CCCCCCBr)cc2)cc1. The predicted molar refractivity (Wildman–Crippen MR) is 92.6 cm³/mol. The average molecular weight is 342 g/mol. The first-order valence-corrected chi connectivity index (χ1v) is 8.61. The number of rotatable bonds is 7. The molecule has 0 bridgehead atoms. The van der Waals surface area contributed by atoms with Gasteiger partial charge in [-0.1, -0.05) is 65.2 Å². The van der Waals surface area contributed by atoms with E-state index in [-0.39, 0.29) is 0 Å². The van der Waals surface area contributed by atoms with E-state index in [9.17, 15) is 0 Å². The van der Waals surface area contributed by atoms with Crippen LogP contribution in [0.3, 0.4) is 0 Å². The molecule has 0 fully saturated rings. The van der Waals surface area contributed by atoms with Gasteiger partial charge in [0.1, 0.15) is 0 Å². The lowest BCUT2D eigenvalue weighted by molar-refractivity contribution is 0.671. The minimum atomic E-state index is 0.707. The molecule has 0 N–H and O–H groups in total. The van der Waals surface area contributed by atoms with Gasteiger partial charge in [-0.3, -0.25) is 0 Å². The second-order valence-electron chi connectivity index (χ2n) is 5.24. The maximum Gasteiger partial charge on any atom is 0.0991 e. The lowest BCUT2D eigenvalue weighted by atomic mass is 10.0. The molecular weight excluding hydrogens is 322 g/mol. The summed E-state index contributed by atoms with van der Waals surface area (Å²) in [5.41, 5.74) is 4.49. The van der Waals surface area contributed by atoms with Gasteiger partial charge in [-0.2, -0.15) is 5.26 Å². The fraction of sp³-hybridized carbons (Fsp3) is 0.316. The highest BCUT2D eigenvalue weighted by Gasteiger charge is 1.99. The Labute approximate surface area is 135 Å². The first-order chi connectivity index (χ1) is 10.3. The number of benzene rings is 2. The number of aryl methyl sites for hydroxylation is 1. The lowest BCUT2D eigenvalue weighted by Crippen LogP contribution is -1.87. The van der Waals surface area contributed by atoms with Crippen LogP contribution >= 0.6 is 15.9 Å². The third-order valence-electron chi connectivity index (χ3n) is 3.65. The molecule has 2 aromatic carbocycles. The van der Waals surface area contributed by atoms with E-state index >= 15 is 0 Å². The lowest BCUT2D eigenvalue weighted by Gasteiger charge is -2.05. The maximum atomic E-state index is 8.82. The van der Waals surface area contributed by atoms with Gasteiger partial charge in [0.25, 0.3) is 0 Å². The van der Waals surface area contributed by atoms with Crippen LogP contribution in [0, 0.1) is 11.3 Å². The Morgan fingerprint density at radius 3 is 1.90 bits per heavy atom. The van der Waals surface area contributed by atoms with Crippen LogP contribution in [0.1, 0.15) is 36.8 Å². The van der Waals surface area contributed by atoms with Crippen molar-refractivity contribution in [2.45, 2.75) is 32.1 Å². The van der Waals surface area contributed by atoms with Gasteiger partial charge >= 0.3 is 0 Å². The molecule has 0 aromatic heterocycles. The van der Waals surface area contributed by atoms with Crippen molar-refractivity contribution in [2.75, 3.05) is 5.33 Å². The van der Waals surface area contributed by atoms with Crippen LogP contribution in [-0.4, -0.2) is 5.33 Å². The van der Waals surface area contributed by atoms with Gasteiger partial charge in [-0.05, 0) is 48.1 Å². The van der Waals surface area contributed by atoms with E-state index in [2.05, 4.69) is 46.3 Å². The average Bonchev–Trinajstić information content (AvgIpc) is 2.55. The van der Waals surface area contributed by atoms with E-state index in [0.29, 0.717) is 5.56 Å². The second-order valence-corrected chi connectivity index (χ2v) is 6.03. The fourth-order valence-corrected chi connectivity index (χ4v) is 2.77. The summed E-state index contributed by atoms with van der Waals surface area (Å²) in [5.74, 6) is 0. The number of alkyl halides is 1. The predicted octanol–water partition coefficient (Wildman–Crippen LogP) is 5.72. The Morgan fingerprint density at radius 2 is 1.33 bits per heavy atom. The molecular formula is C19H20BrN. The summed E-state index contributed by atoms with van der Waals surface area (Å²) in [4.78, 5) is 0. The smallest absolute Gasteiger partial charge is 0.0991 e. The van der Waals surface area contributed by atoms with Crippen LogP contribution in [0.25, 0.3) is 11.1 Å². The topological polar surface area (TPSA) is 23.8 Å². The minimum Gasteiger partial charge on any atom is -0.192 e. The molecule has 0 saturated heterocycles. The summed E-state index contributed by atoms with van der Waals surface area (Å²) in [6.07, 6.45) is 6.33. The molecule has 0 spiro atoms. The highest BCUT2D eigenvalue weighted by Crippen LogP contribution is 2.21. The van der Waals surface area contributed by atoms with Crippen molar-refractivity contribution in [1.82, 2.24) is 0 Å². The molecule has 0 heterocycles. The number of unbranched alkanes of at least 4 members (excludes halogenated alkanes) is 3. The highest BCUT2D eigenvalue weighted by atomic mass is 79.9. The molecule has 0 aliphatic carbocycles. The third-order valence-corrected chi connectivity index (χ3v) is 4.21. The molecule has 2 heteroatoms. The van der Waals surface area contributed by atoms with Crippen LogP contribution in [0.4, 0.5) is 0 Å². The van der Waals surface area contributed by atoms with Crippen molar-refractivity contribution in [3.63, 3.8) is 0 Å². The minimum absolute atomic E-state index is 0.707. The van der Waals surface area contributed by atoms with Crippen molar-refractivity contribution in [1.29, 1.82) is 5.26 Å². The van der Waals surface area contributed by atoms with E-state index in [4.69, 9.17) is 5.26 Å². The summed E-state index contributed by atoms with van der Waals surface area (Å²) in [5, 5.41) is 9.94. The maximum absolute atomic E-state index is 8.82. The monoisotopic (exact) mass is 341 g/mol. The molecule has 0 aliphatic rings. The van der Waals surface area contributed by atoms with Crippen molar-refractivity contribution in [3.05, 3.63) is 59.7 Å². The van der Waals surface area contributed by atoms with E-state index in [1.807, 2.05) is 24.3 Å². The summed E-state index contributed by atoms with van der Waals surface area (Å²) >= 11 is 3.47. The zero-order valence-corrected chi connectivity index (χ0v) is 13.8. The van der Waals surface area contributed by atoms with Crippen molar-refractivity contribution in [2.24, 2.45) is 0 Å². The van der Waals surface area contributed by atoms with Crippen molar-refractivity contribution < 1.29 is 0 Å². The third kappa shape index (κ3) is 5.02. The highest BCUT2D eigenvalue weighted by molar-refractivity contribution is 9.09. The Morgan fingerprint density at radius 1 is 0.762 bits per heavy atom. The Balaban J connectivity index is 1.90. The van der Waals surface area contributed by atoms with E-state index in [0.717, 1.165) is 17.3 Å². The zero-order valence-electron chi connectivity index (χ0n) is 12.2. The Hall–Kier alpha value is -1.59. The number of hydrogen-bond acceptors (Lipinski definition) is 1. The summed E-state index contributed by atoms with van der Waals surface area (Å²) in [7, 11) is 0. The molecule has 0 unspecified atom stereocenters. The van der Waals surface area contributed by atoms with Crippen LogP contribution in [0.5, 0.6) is 0 Å². The van der Waals surface area contributed by atoms with Gasteiger partial charge in [0.2, 0.25) is 0 Å². The molecule has 2 rings (SSSR count). The van der Waals surface area contributed by atoms with Gasteiger partial charge < -0.3 is 0 Å². The van der Waals surface area contributed by atoms with Crippen LogP contribution in [0.15, 0.2) is 48.5 Å². The fourth-order valence-electron chi connectivity index (χ4n) is 2.38. The van der Waals surface area contributed by atoms with Crippen LogP contribution in [0.2, 0.25) is 0 Å². The molecule has 1 nitrogen and oxygen atoms in total. The van der Waals surface area contributed by atoms with Gasteiger partial charge in [0.15, 0.2) is 0 Å². The number of hydrogen-bond donors (Lipinski definition) is 0. The number of nitrogens with zero attached hydrogens (tertiary/aromatic N) is 1. The van der Waals surface area contributed by atoms with Crippen molar-refractivity contribution >= 4 is 15.9 Å². The Bertz CT molecular complexity index is 578. The quantitative estimate of drug-likeness (QED) is 0.466. The molecule has 21 heavy (non-hydrogen) atoms. The van der Waals surface area contributed by atoms with Gasteiger partial charge in [0.05, 0.1) is 11.6 Å². The van der Waals surface area contributed by atoms with E-state index in [1.54, 1.807) is 0 Å². The van der Waals surface area contributed by atoms with E-state index < -0.39 is 0 Å². The van der Waals surface area contributed by atoms with Gasteiger partial charge in [-0.25, -0.2) is 0 Å². The molecule has 0 aliphatic heterocycles. The standard InChI is InChI=1S/C19H20BrN/c20-14-4-2-1-3-5-16-6-10-18(11-7-16)19-12-8-17(15-21)9-13-19/h6-13H,1-5,14H2. The van der Waals surface area contributed by atoms with Crippen LogP contribution in [-0.2, 0) is 6.42 Å². The number of nitriles is 1. The zero-order chi connectivity index (χ0) is 14.9. The summed E-state index contributed by atoms with van der Waals surface area (Å²) < 4.78 is 0. The van der Waals surface area contributed by atoms with Crippen LogP contribution < -0.4 is 0 Å². The van der Waals surface area contributed by atoms with Crippen molar-refractivity contribution in [3.8, 4) is 17.2 Å². The molecule has 0 amide bonds. The summed E-state index contributed by atoms with van der Waals surface area (Å²) in [6.45, 7) is 0.